The first-order valence-corrected chi connectivity index (χ1v) is 6.83. The quantitative estimate of drug-likeness (QED) is 0.712. The summed E-state index contributed by atoms with van der Waals surface area (Å²) in [5.41, 5.74) is 1.43. The Bertz CT molecular complexity index is 248. The van der Waals surface area contributed by atoms with Gasteiger partial charge in [0, 0.05) is 11.8 Å². The van der Waals surface area contributed by atoms with Gasteiger partial charge >= 0.3 is 0 Å². The van der Waals surface area contributed by atoms with Gasteiger partial charge < -0.3 is 5.32 Å². The van der Waals surface area contributed by atoms with Crippen LogP contribution < -0.4 is 5.32 Å². The van der Waals surface area contributed by atoms with E-state index < -0.39 is 0 Å². The second kappa shape index (κ2) is 7.77. The summed E-state index contributed by atoms with van der Waals surface area (Å²) in [6, 6.07) is 11.3. The maximum atomic E-state index is 3.43. The van der Waals surface area contributed by atoms with E-state index in [9.17, 15) is 0 Å². The minimum absolute atomic E-state index is 0.651. The molecule has 0 radical (unpaired) electrons. The number of nitrogens with one attached hydrogen (secondary N) is 1. The summed E-state index contributed by atoms with van der Waals surface area (Å²) in [5.74, 6) is 2.38. The smallest absolute Gasteiger partial charge is 0.0184 e. The van der Waals surface area contributed by atoms with Crippen LogP contribution in [0.25, 0.3) is 0 Å². The predicted octanol–water partition coefficient (Wildman–Crippen LogP) is 3.31. The van der Waals surface area contributed by atoms with Crippen molar-refractivity contribution in [1.29, 1.82) is 0 Å². The summed E-state index contributed by atoms with van der Waals surface area (Å²) in [6.45, 7) is 5.49. The number of hydrogen-bond donors (Lipinski definition) is 1. The van der Waals surface area contributed by atoms with Crippen LogP contribution in [0.2, 0.25) is 0 Å². The van der Waals surface area contributed by atoms with Gasteiger partial charge in [-0.15, -0.1) is 0 Å². The molecule has 1 N–H and O–H groups in total. The van der Waals surface area contributed by atoms with Crippen molar-refractivity contribution in [2.45, 2.75) is 32.1 Å². The fraction of sp³-hybridized carbons (Fsp3) is 0.538. The van der Waals surface area contributed by atoms with Crippen LogP contribution in [0.4, 0.5) is 0 Å². The monoisotopic (exact) mass is 223 g/mol. The Kier molecular flexibility index (Phi) is 6.53. The predicted molar refractivity (Wildman–Crippen MR) is 70.4 cm³/mol. The van der Waals surface area contributed by atoms with E-state index >= 15 is 0 Å². The van der Waals surface area contributed by atoms with Crippen molar-refractivity contribution in [3.63, 3.8) is 0 Å². The normalized spacial score (nSPS) is 12.7. The zero-order chi connectivity index (χ0) is 10.9. The van der Waals surface area contributed by atoms with Crippen molar-refractivity contribution < 1.29 is 0 Å². The molecule has 1 unspecified atom stereocenters. The van der Waals surface area contributed by atoms with Crippen LogP contribution in [0.15, 0.2) is 30.3 Å². The van der Waals surface area contributed by atoms with E-state index in [1.54, 1.807) is 0 Å². The molecule has 1 aromatic carbocycles. The molecule has 1 rings (SSSR count). The molecule has 0 amide bonds. The van der Waals surface area contributed by atoms with Gasteiger partial charge in [-0.3, -0.25) is 0 Å². The highest BCUT2D eigenvalue weighted by atomic mass is 32.2. The molecule has 1 nitrogen and oxygen atoms in total. The van der Waals surface area contributed by atoms with Gasteiger partial charge in [0.15, 0.2) is 0 Å². The molecule has 0 aliphatic heterocycles. The molecule has 0 saturated heterocycles. The molecule has 2 heteroatoms. The molecular weight excluding hydrogens is 202 g/mol. The standard InChI is InChI=1S/C13H21NS/c1-3-14-12(2)9-10-15-11-13-7-5-4-6-8-13/h4-8,12,14H,3,9-11H2,1-2H3. The highest BCUT2D eigenvalue weighted by Crippen LogP contribution is 2.13. The molecule has 84 valence electrons. The molecule has 15 heavy (non-hydrogen) atoms. The average molecular weight is 223 g/mol. The molecule has 0 spiro atoms. The molecule has 1 atom stereocenters. The van der Waals surface area contributed by atoms with Crippen molar-refractivity contribution in [1.82, 2.24) is 5.32 Å². The van der Waals surface area contributed by atoms with E-state index in [-0.39, 0.29) is 0 Å². The lowest BCUT2D eigenvalue weighted by Gasteiger charge is -2.11. The van der Waals surface area contributed by atoms with E-state index in [0.717, 1.165) is 12.3 Å². The summed E-state index contributed by atoms with van der Waals surface area (Å²) in [4.78, 5) is 0. The van der Waals surface area contributed by atoms with Gasteiger partial charge in [-0.25, -0.2) is 0 Å². The molecule has 0 aliphatic rings. The molecule has 0 heterocycles. The molecule has 0 saturated carbocycles. The number of thioether (sulfide) groups is 1. The van der Waals surface area contributed by atoms with Crippen LogP contribution >= 0.6 is 11.8 Å². The first-order valence-electron chi connectivity index (χ1n) is 5.68. The van der Waals surface area contributed by atoms with E-state index in [2.05, 4.69) is 49.5 Å². The van der Waals surface area contributed by atoms with Crippen LogP contribution in [0.1, 0.15) is 25.8 Å². The minimum Gasteiger partial charge on any atom is -0.315 e. The van der Waals surface area contributed by atoms with Gasteiger partial charge in [-0.05, 0) is 31.2 Å². The van der Waals surface area contributed by atoms with Crippen LogP contribution in [0.3, 0.4) is 0 Å². The minimum atomic E-state index is 0.651. The maximum absolute atomic E-state index is 3.43. The van der Waals surface area contributed by atoms with Crippen LogP contribution in [-0.2, 0) is 5.75 Å². The molecule has 0 aliphatic carbocycles. The number of benzene rings is 1. The summed E-state index contributed by atoms with van der Waals surface area (Å²) in [7, 11) is 0. The number of rotatable bonds is 7. The second-order valence-corrected chi connectivity index (χ2v) is 4.89. The molecule has 0 aromatic heterocycles. The Morgan fingerprint density at radius 1 is 1.27 bits per heavy atom. The highest BCUT2D eigenvalue weighted by Gasteiger charge is 1.99. The third-order valence-electron chi connectivity index (χ3n) is 2.36. The molecule has 0 bridgehead atoms. The Labute approximate surface area is 97.7 Å². The first kappa shape index (κ1) is 12.6. The third-order valence-corrected chi connectivity index (χ3v) is 3.42. The second-order valence-electron chi connectivity index (χ2n) is 3.79. The fourth-order valence-corrected chi connectivity index (χ4v) is 2.57. The van der Waals surface area contributed by atoms with Gasteiger partial charge in [0.05, 0.1) is 0 Å². The van der Waals surface area contributed by atoms with E-state index in [1.807, 2.05) is 11.8 Å². The Balaban J connectivity index is 2.07. The lowest BCUT2D eigenvalue weighted by Crippen LogP contribution is -2.25. The van der Waals surface area contributed by atoms with Crippen molar-refractivity contribution in [3.8, 4) is 0 Å². The fourth-order valence-electron chi connectivity index (χ4n) is 1.47. The largest absolute Gasteiger partial charge is 0.315 e. The summed E-state index contributed by atoms with van der Waals surface area (Å²) < 4.78 is 0. The van der Waals surface area contributed by atoms with Crippen LogP contribution in [0, 0.1) is 0 Å². The summed E-state index contributed by atoms with van der Waals surface area (Å²) in [5, 5.41) is 3.43. The van der Waals surface area contributed by atoms with E-state index in [0.29, 0.717) is 6.04 Å². The number of hydrogen-bond acceptors (Lipinski definition) is 2. The average Bonchev–Trinajstić information content (AvgIpc) is 2.26. The molecular formula is C13H21NS. The van der Waals surface area contributed by atoms with Gasteiger partial charge in [0.25, 0.3) is 0 Å². The lowest BCUT2D eigenvalue weighted by atomic mass is 10.2. The zero-order valence-electron chi connectivity index (χ0n) is 9.70. The lowest BCUT2D eigenvalue weighted by molar-refractivity contribution is 0.556. The Morgan fingerprint density at radius 2 is 2.00 bits per heavy atom. The van der Waals surface area contributed by atoms with Crippen molar-refractivity contribution >= 4 is 11.8 Å². The van der Waals surface area contributed by atoms with Crippen LogP contribution in [0.5, 0.6) is 0 Å². The van der Waals surface area contributed by atoms with Crippen LogP contribution in [-0.4, -0.2) is 18.3 Å². The Morgan fingerprint density at radius 3 is 2.67 bits per heavy atom. The molecule has 1 aromatic rings. The topological polar surface area (TPSA) is 12.0 Å². The first-order chi connectivity index (χ1) is 7.33. The summed E-state index contributed by atoms with van der Waals surface area (Å²) >= 11 is 2.02. The van der Waals surface area contributed by atoms with Gasteiger partial charge in [-0.2, -0.15) is 11.8 Å². The van der Waals surface area contributed by atoms with Gasteiger partial charge in [0.1, 0.15) is 0 Å². The summed E-state index contributed by atoms with van der Waals surface area (Å²) in [6.07, 6.45) is 1.26. The van der Waals surface area contributed by atoms with E-state index in [1.165, 1.54) is 17.7 Å². The molecule has 0 fully saturated rings. The zero-order valence-corrected chi connectivity index (χ0v) is 10.5. The third kappa shape index (κ3) is 5.85. The SMILES string of the molecule is CCNC(C)CCSCc1ccccc1. The van der Waals surface area contributed by atoms with Crippen molar-refractivity contribution in [3.05, 3.63) is 35.9 Å². The van der Waals surface area contributed by atoms with Gasteiger partial charge in [0.2, 0.25) is 0 Å². The van der Waals surface area contributed by atoms with Gasteiger partial charge in [-0.1, -0.05) is 37.3 Å². The van der Waals surface area contributed by atoms with Crippen molar-refractivity contribution in [2.75, 3.05) is 12.3 Å². The highest BCUT2D eigenvalue weighted by molar-refractivity contribution is 7.98. The Hall–Kier alpha value is -0.470. The maximum Gasteiger partial charge on any atom is 0.0184 e. The van der Waals surface area contributed by atoms with Crippen molar-refractivity contribution in [2.24, 2.45) is 0 Å². The van der Waals surface area contributed by atoms with E-state index in [4.69, 9.17) is 0 Å².